The second-order valence-corrected chi connectivity index (χ2v) is 5.51. The van der Waals surface area contributed by atoms with E-state index in [0.29, 0.717) is 17.3 Å². The lowest BCUT2D eigenvalue weighted by molar-refractivity contribution is 0.101. The summed E-state index contributed by atoms with van der Waals surface area (Å²) in [4.78, 5) is 17.8. The van der Waals surface area contributed by atoms with Crippen molar-refractivity contribution in [3.63, 3.8) is 0 Å². The second-order valence-electron chi connectivity index (χ2n) is 5.51. The van der Waals surface area contributed by atoms with E-state index in [-0.39, 0.29) is 5.78 Å². The van der Waals surface area contributed by atoms with E-state index in [4.69, 9.17) is 0 Å². The Labute approximate surface area is 136 Å². The molecule has 0 aliphatic rings. The largest absolute Gasteiger partial charge is 0.369 e. The van der Waals surface area contributed by atoms with Gasteiger partial charge in [0.05, 0.1) is 6.20 Å². The molecule has 1 aromatic carbocycles. The molecule has 0 spiro atoms. The topological polar surface area (TPSA) is 83.0 Å². The van der Waals surface area contributed by atoms with E-state index in [1.807, 2.05) is 26.2 Å². The van der Waals surface area contributed by atoms with Crippen molar-refractivity contribution in [3.05, 3.63) is 36.0 Å². The molecule has 0 aliphatic carbocycles. The van der Waals surface area contributed by atoms with Gasteiger partial charge in [0.15, 0.2) is 11.6 Å². The fourth-order valence-corrected chi connectivity index (χ4v) is 1.97. The number of carbonyl (C=O) groups excluding carboxylic acids is 1. The van der Waals surface area contributed by atoms with Gasteiger partial charge >= 0.3 is 0 Å². The SMILES string of the molecule is CC(=O)c1ccc(Nc2nncc(NCCCN(C)C)n2)cc1. The number of ketones is 1. The first-order valence-electron chi connectivity index (χ1n) is 7.51. The van der Waals surface area contributed by atoms with Gasteiger partial charge in [0, 0.05) is 17.8 Å². The van der Waals surface area contributed by atoms with Crippen LogP contribution in [0.2, 0.25) is 0 Å². The molecule has 0 bridgehead atoms. The van der Waals surface area contributed by atoms with Crippen LogP contribution in [0.4, 0.5) is 17.5 Å². The van der Waals surface area contributed by atoms with Gasteiger partial charge in [-0.1, -0.05) is 0 Å². The third kappa shape index (κ3) is 5.63. The maximum absolute atomic E-state index is 11.3. The molecule has 23 heavy (non-hydrogen) atoms. The maximum Gasteiger partial charge on any atom is 0.249 e. The third-order valence-electron chi connectivity index (χ3n) is 3.19. The Bertz CT molecular complexity index is 641. The molecule has 0 aliphatic heterocycles. The summed E-state index contributed by atoms with van der Waals surface area (Å²) in [6, 6.07) is 7.16. The lowest BCUT2D eigenvalue weighted by Gasteiger charge is -2.10. The maximum atomic E-state index is 11.3. The van der Waals surface area contributed by atoms with Gasteiger partial charge in [-0.2, -0.15) is 10.1 Å². The second kappa shape index (κ2) is 8.19. The van der Waals surface area contributed by atoms with Gasteiger partial charge in [-0.15, -0.1) is 5.10 Å². The van der Waals surface area contributed by atoms with E-state index in [2.05, 4.69) is 30.7 Å². The Balaban J connectivity index is 1.92. The minimum atomic E-state index is 0.0402. The molecule has 2 aromatic rings. The number of Topliss-reactive ketones (excluding diaryl/α,β-unsaturated/α-hetero) is 1. The van der Waals surface area contributed by atoms with E-state index < -0.39 is 0 Å². The number of nitrogens with one attached hydrogen (secondary N) is 2. The fourth-order valence-electron chi connectivity index (χ4n) is 1.97. The molecule has 7 heteroatoms. The van der Waals surface area contributed by atoms with Crippen LogP contribution in [0, 0.1) is 0 Å². The van der Waals surface area contributed by atoms with Gasteiger partial charge in [0.25, 0.3) is 0 Å². The Morgan fingerprint density at radius 2 is 1.96 bits per heavy atom. The molecule has 0 saturated heterocycles. The normalized spacial score (nSPS) is 10.6. The van der Waals surface area contributed by atoms with Crippen LogP contribution in [0.1, 0.15) is 23.7 Å². The number of hydrogen-bond donors (Lipinski definition) is 2. The monoisotopic (exact) mass is 314 g/mol. The number of benzene rings is 1. The van der Waals surface area contributed by atoms with E-state index >= 15 is 0 Å². The first-order chi connectivity index (χ1) is 11.0. The quantitative estimate of drug-likeness (QED) is 0.571. The number of aromatic nitrogens is 3. The zero-order valence-electron chi connectivity index (χ0n) is 13.7. The zero-order valence-corrected chi connectivity index (χ0v) is 13.7. The van der Waals surface area contributed by atoms with E-state index in [9.17, 15) is 4.79 Å². The number of hydrogen-bond acceptors (Lipinski definition) is 7. The summed E-state index contributed by atoms with van der Waals surface area (Å²) >= 11 is 0. The highest BCUT2D eigenvalue weighted by molar-refractivity contribution is 5.94. The number of nitrogens with zero attached hydrogens (tertiary/aromatic N) is 4. The van der Waals surface area contributed by atoms with E-state index in [1.54, 1.807) is 25.3 Å². The molecule has 0 saturated carbocycles. The Morgan fingerprint density at radius 1 is 1.22 bits per heavy atom. The predicted molar refractivity (Wildman–Crippen MR) is 91.2 cm³/mol. The minimum Gasteiger partial charge on any atom is -0.369 e. The molecule has 0 atom stereocenters. The average Bonchev–Trinajstić information content (AvgIpc) is 2.52. The van der Waals surface area contributed by atoms with Crippen LogP contribution in [0.5, 0.6) is 0 Å². The molecule has 122 valence electrons. The zero-order chi connectivity index (χ0) is 16.7. The van der Waals surface area contributed by atoms with Crippen LogP contribution in [-0.2, 0) is 0 Å². The molecule has 7 nitrogen and oxygen atoms in total. The summed E-state index contributed by atoms with van der Waals surface area (Å²) in [5.74, 6) is 1.14. The lowest BCUT2D eigenvalue weighted by atomic mass is 10.1. The van der Waals surface area contributed by atoms with Gasteiger partial charge in [0.1, 0.15) is 0 Å². The van der Waals surface area contributed by atoms with Crippen LogP contribution >= 0.6 is 0 Å². The molecular formula is C16H22N6O. The van der Waals surface area contributed by atoms with Crippen molar-refractivity contribution in [1.29, 1.82) is 0 Å². The van der Waals surface area contributed by atoms with Crippen molar-refractivity contribution in [3.8, 4) is 0 Å². The van der Waals surface area contributed by atoms with Crippen LogP contribution in [0.3, 0.4) is 0 Å². The standard InChI is InChI=1S/C16H22N6O/c1-12(23)13-5-7-14(8-6-13)19-16-20-15(11-18-21-16)17-9-4-10-22(2)3/h5-8,11H,4,9-10H2,1-3H3,(H2,17,19,20,21). The van der Waals surface area contributed by atoms with Gasteiger partial charge in [-0.05, 0) is 58.3 Å². The third-order valence-corrected chi connectivity index (χ3v) is 3.19. The van der Waals surface area contributed by atoms with Crippen LogP contribution in [0.15, 0.2) is 30.5 Å². The smallest absolute Gasteiger partial charge is 0.249 e. The number of rotatable bonds is 8. The highest BCUT2D eigenvalue weighted by Crippen LogP contribution is 2.14. The van der Waals surface area contributed by atoms with Crippen LogP contribution in [0.25, 0.3) is 0 Å². The average molecular weight is 314 g/mol. The fraction of sp³-hybridized carbons (Fsp3) is 0.375. The summed E-state index contributed by atoms with van der Waals surface area (Å²) < 4.78 is 0. The highest BCUT2D eigenvalue weighted by Gasteiger charge is 2.03. The molecule has 1 heterocycles. The molecule has 1 aromatic heterocycles. The Kier molecular flexibility index (Phi) is 5.99. The molecule has 0 unspecified atom stereocenters. The Morgan fingerprint density at radius 3 is 2.61 bits per heavy atom. The first kappa shape index (κ1) is 16.8. The predicted octanol–water partition coefficient (Wildman–Crippen LogP) is 2.18. The van der Waals surface area contributed by atoms with Gasteiger partial charge in [0.2, 0.25) is 5.95 Å². The summed E-state index contributed by atoms with van der Waals surface area (Å²) in [5.41, 5.74) is 1.48. The lowest BCUT2D eigenvalue weighted by Crippen LogP contribution is -2.17. The highest BCUT2D eigenvalue weighted by atomic mass is 16.1. The van der Waals surface area contributed by atoms with Gasteiger partial charge in [-0.3, -0.25) is 4.79 Å². The Hall–Kier alpha value is -2.54. The van der Waals surface area contributed by atoms with Crippen LogP contribution in [-0.4, -0.2) is 53.0 Å². The summed E-state index contributed by atoms with van der Waals surface area (Å²) in [7, 11) is 4.09. The molecular weight excluding hydrogens is 292 g/mol. The summed E-state index contributed by atoms with van der Waals surface area (Å²) in [6.07, 6.45) is 2.62. The van der Waals surface area contributed by atoms with Crippen molar-refractivity contribution in [2.24, 2.45) is 0 Å². The summed E-state index contributed by atoms with van der Waals surface area (Å²) in [5, 5.41) is 14.2. The van der Waals surface area contributed by atoms with E-state index in [0.717, 1.165) is 25.2 Å². The number of carbonyl (C=O) groups is 1. The van der Waals surface area contributed by atoms with Crippen LogP contribution < -0.4 is 10.6 Å². The van der Waals surface area contributed by atoms with Crippen molar-refractivity contribution < 1.29 is 4.79 Å². The van der Waals surface area contributed by atoms with Crippen molar-refractivity contribution in [2.45, 2.75) is 13.3 Å². The molecule has 0 amide bonds. The van der Waals surface area contributed by atoms with Crippen molar-refractivity contribution >= 4 is 23.2 Å². The van der Waals surface area contributed by atoms with Gasteiger partial charge < -0.3 is 15.5 Å². The molecule has 0 radical (unpaired) electrons. The first-order valence-corrected chi connectivity index (χ1v) is 7.51. The van der Waals surface area contributed by atoms with Crippen molar-refractivity contribution in [2.75, 3.05) is 37.8 Å². The molecule has 2 rings (SSSR count). The summed E-state index contributed by atoms with van der Waals surface area (Å²) in [6.45, 7) is 3.38. The minimum absolute atomic E-state index is 0.0402. The van der Waals surface area contributed by atoms with E-state index in [1.165, 1.54) is 0 Å². The molecule has 2 N–H and O–H groups in total. The van der Waals surface area contributed by atoms with Gasteiger partial charge in [-0.25, -0.2) is 0 Å². The van der Waals surface area contributed by atoms with Crippen molar-refractivity contribution in [1.82, 2.24) is 20.1 Å². The molecule has 0 fully saturated rings. The number of anilines is 3.